The summed E-state index contributed by atoms with van der Waals surface area (Å²) in [5.74, 6) is 0.0889. The molecule has 1 heterocycles. The number of imidazole rings is 1. The minimum atomic E-state index is -0.685. The number of rotatable bonds is 8. The summed E-state index contributed by atoms with van der Waals surface area (Å²) in [5, 5.41) is 6.07. The van der Waals surface area contributed by atoms with E-state index in [-0.39, 0.29) is 23.8 Å². The summed E-state index contributed by atoms with van der Waals surface area (Å²) in [6.07, 6.45) is 0.572. The third-order valence-electron chi connectivity index (χ3n) is 5.85. The van der Waals surface area contributed by atoms with E-state index in [1.807, 2.05) is 93.6 Å². The lowest BCUT2D eigenvalue weighted by molar-refractivity contribution is -0.124. The van der Waals surface area contributed by atoms with Crippen LogP contribution < -0.4 is 10.6 Å². The van der Waals surface area contributed by atoms with Crippen molar-refractivity contribution in [2.75, 3.05) is 0 Å². The van der Waals surface area contributed by atoms with E-state index in [0.29, 0.717) is 17.8 Å². The van der Waals surface area contributed by atoms with Gasteiger partial charge in [0, 0.05) is 5.56 Å². The second-order valence-electron chi connectivity index (χ2n) is 8.95. The highest BCUT2D eigenvalue weighted by Crippen LogP contribution is 2.20. The molecule has 1 aromatic heterocycles. The van der Waals surface area contributed by atoms with E-state index >= 15 is 0 Å². The van der Waals surface area contributed by atoms with Gasteiger partial charge in [-0.1, -0.05) is 74.0 Å². The molecule has 0 radical (unpaired) electrons. The lowest BCUT2D eigenvalue weighted by Gasteiger charge is -2.25. The van der Waals surface area contributed by atoms with Gasteiger partial charge in [0.2, 0.25) is 5.91 Å². The molecule has 2 amide bonds. The quantitative estimate of drug-likeness (QED) is 0.360. The van der Waals surface area contributed by atoms with Gasteiger partial charge in [-0.25, -0.2) is 4.98 Å². The van der Waals surface area contributed by atoms with Gasteiger partial charge in [0.25, 0.3) is 5.91 Å². The number of amides is 2. The summed E-state index contributed by atoms with van der Waals surface area (Å²) in [7, 11) is 0. The van der Waals surface area contributed by atoms with Crippen molar-refractivity contribution < 1.29 is 9.59 Å². The van der Waals surface area contributed by atoms with Gasteiger partial charge in [-0.05, 0) is 49.1 Å². The molecule has 0 aliphatic carbocycles. The number of para-hydroxylation sites is 2. The molecule has 0 bridgehead atoms. The molecular formula is C28H30N4O2. The first-order valence-corrected chi connectivity index (χ1v) is 11.6. The van der Waals surface area contributed by atoms with Crippen LogP contribution in [-0.2, 0) is 11.2 Å². The summed E-state index contributed by atoms with van der Waals surface area (Å²) in [6, 6.07) is 24.1. The van der Waals surface area contributed by atoms with Gasteiger partial charge >= 0.3 is 0 Å². The van der Waals surface area contributed by atoms with Gasteiger partial charge in [0.1, 0.15) is 11.9 Å². The van der Waals surface area contributed by atoms with Gasteiger partial charge in [0.05, 0.1) is 17.1 Å². The number of nitrogens with zero attached hydrogens (tertiary/aromatic N) is 1. The summed E-state index contributed by atoms with van der Waals surface area (Å²) >= 11 is 0. The van der Waals surface area contributed by atoms with Crippen LogP contribution in [0.25, 0.3) is 11.0 Å². The minimum Gasteiger partial charge on any atom is -0.344 e. The van der Waals surface area contributed by atoms with Crippen molar-refractivity contribution in [2.45, 2.75) is 39.3 Å². The van der Waals surface area contributed by atoms with E-state index in [1.165, 1.54) is 0 Å². The molecule has 0 aliphatic rings. The molecule has 2 unspecified atom stereocenters. The summed E-state index contributed by atoms with van der Waals surface area (Å²) in [4.78, 5) is 34.4. The van der Waals surface area contributed by atoms with Crippen LogP contribution in [0.2, 0.25) is 0 Å². The number of nitrogens with one attached hydrogen (secondary N) is 3. The Morgan fingerprint density at radius 2 is 1.65 bits per heavy atom. The molecule has 0 saturated heterocycles. The van der Waals surface area contributed by atoms with E-state index in [0.717, 1.165) is 22.2 Å². The Bertz CT molecular complexity index is 1250. The first kappa shape index (κ1) is 23.2. The maximum atomic E-state index is 13.4. The average Bonchev–Trinajstić information content (AvgIpc) is 3.26. The predicted molar refractivity (Wildman–Crippen MR) is 134 cm³/mol. The van der Waals surface area contributed by atoms with E-state index < -0.39 is 6.04 Å². The topological polar surface area (TPSA) is 86.9 Å². The van der Waals surface area contributed by atoms with Crippen LogP contribution >= 0.6 is 0 Å². The standard InChI is InChI=1S/C28H30N4O2/c1-18(2)25(32-27(33)21-13-9-10-19(3)16-21)28(34)31-24(17-20-11-5-4-6-12-20)26-29-22-14-7-8-15-23(22)30-26/h4-16,18,24-25H,17H2,1-3H3,(H,29,30)(H,31,34)(H,32,33). The zero-order chi connectivity index (χ0) is 24.1. The smallest absolute Gasteiger partial charge is 0.251 e. The summed E-state index contributed by atoms with van der Waals surface area (Å²) < 4.78 is 0. The average molecular weight is 455 g/mol. The van der Waals surface area contributed by atoms with Crippen molar-refractivity contribution >= 4 is 22.8 Å². The monoisotopic (exact) mass is 454 g/mol. The van der Waals surface area contributed by atoms with Crippen LogP contribution in [0.15, 0.2) is 78.9 Å². The van der Waals surface area contributed by atoms with Crippen LogP contribution in [0.3, 0.4) is 0 Å². The Morgan fingerprint density at radius 1 is 0.912 bits per heavy atom. The molecule has 0 spiro atoms. The van der Waals surface area contributed by atoms with Crippen molar-refractivity contribution in [3.63, 3.8) is 0 Å². The Balaban J connectivity index is 1.58. The van der Waals surface area contributed by atoms with Crippen LogP contribution in [-0.4, -0.2) is 27.8 Å². The number of aromatic amines is 1. The van der Waals surface area contributed by atoms with E-state index in [9.17, 15) is 9.59 Å². The molecule has 6 heteroatoms. The van der Waals surface area contributed by atoms with Gasteiger partial charge in [-0.3, -0.25) is 9.59 Å². The van der Waals surface area contributed by atoms with Crippen molar-refractivity contribution in [2.24, 2.45) is 5.92 Å². The number of carbonyl (C=O) groups excluding carboxylic acids is 2. The number of aromatic nitrogens is 2. The molecule has 0 aliphatic heterocycles. The van der Waals surface area contributed by atoms with Gasteiger partial charge < -0.3 is 15.6 Å². The SMILES string of the molecule is Cc1cccc(C(=O)NC(C(=O)NC(Cc2ccccc2)c2nc3ccccc3[nH]2)C(C)C)c1. The Hall–Kier alpha value is -3.93. The van der Waals surface area contributed by atoms with E-state index in [1.54, 1.807) is 6.07 Å². The van der Waals surface area contributed by atoms with Crippen LogP contribution in [0.1, 0.15) is 47.2 Å². The third kappa shape index (κ3) is 5.52. The van der Waals surface area contributed by atoms with Gasteiger partial charge in [-0.15, -0.1) is 0 Å². The zero-order valence-electron chi connectivity index (χ0n) is 19.7. The Kier molecular flexibility index (Phi) is 7.07. The highest BCUT2D eigenvalue weighted by molar-refractivity contribution is 5.97. The molecule has 4 aromatic rings. The number of aryl methyl sites for hydroxylation is 1. The van der Waals surface area contributed by atoms with E-state index in [2.05, 4.69) is 15.6 Å². The molecule has 6 nitrogen and oxygen atoms in total. The molecule has 2 atom stereocenters. The normalized spacial score (nSPS) is 12.9. The lowest BCUT2D eigenvalue weighted by Crippen LogP contribution is -2.50. The van der Waals surface area contributed by atoms with Crippen molar-refractivity contribution in [3.8, 4) is 0 Å². The third-order valence-corrected chi connectivity index (χ3v) is 5.85. The molecule has 0 fully saturated rings. The fraction of sp³-hybridized carbons (Fsp3) is 0.250. The molecule has 4 rings (SSSR count). The van der Waals surface area contributed by atoms with Crippen LogP contribution in [0, 0.1) is 12.8 Å². The fourth-order valence-corrected chi connectivity index (χ4v) is 4.01. The second-order valence-corrected chi connectivity index (χ2v) is 8.95. The number of carbonyl (C=O) groups is 2. The Labute approximate surface area is 199 Å². The van der Waals surface area contributed by atoms with Crippen LogP contribution in [0.4, 0.5) is 0 Å². The van der Waals surface area contributed by atoms with Gasteiger partial charge in [-0.2, -0.15) is 0 Å². The molecule has 3 aromatic carbocycles. The largest absolute Gasteiger partial charge is 0.344 e. The first-order chi connectivity index (χ1) is 16.4. The number of hydrogen-bond donors (Lipinski definition) is 3. The van der Waals surface area contributed by atoms with Crippen molar-refractivity contribution in [1.82, 2.24) is 20.6 Å². The fourth-order valence-electron chi connectivity index (χ4n) is 4.01. The van der Waals surface area contributed by atoms with Crippen LogP contribution in [0.5, 0.6) is 0 Å². The van der Waals surface area contributed by atoms with Crippen molar-refractivity contribution in [3.05, 3.63) is 101 Å². The summed E-state index contributed by atoms with van der Waals surface area (Å²) in [5.41, 5.74) is 4.37. The van der Waals surface area contributed by atoms with Crippen molar-refractivity contribution in [1.29, 1.82) is 0 Å². The molecule has 3 N–H and O–H groups in total. The maximum absolute atomic E-state index is 13.4. The molecule has 174 valence electrons. The number of benzene rings is 3. The molecule has 34 heavy (non-hydrogen) atoms. The number of fused-ring (bicyclic) bond motifs is 1. The highest BCUT2D eigenvalue weighted by Gasteiger charge is 2.28. The first-order valence-electron chi connectivity index (χ1n) is 11.6. The van der Waals surface area contributed by atoms with E-state index in [4.69, 9.17) is 4.98 Å². The minimum absolute atomic E-state index is 0.0955. The zero-order valence-corrected chi connectivity index (χ0v) is 19.7. The number of hydrogen-bond acceptors (Lipinski definition) is 3. The van der Waals surface area contributed by atoms with Gasteiger partial charge in [0.15, 0.2) is 0 Å². The molecular weight excluding hydrogens is 424 g/mol. The maximum Gasteiger partial charge on any atom is 0.251 e. The highest BCUT2D eigenvalue weighted by atomic mass is 16.2. The Morgan fingerprint density at radius 3 is 2.35 bits per heavy atom. The predicted octanol–water partition coefficient (Wildman–Crippen LogP) is 4.73. The second kappa shape index (κ2) is 10.3. The summed E-state index contributed by atoms with van der Waals surface area (Å²) in [6.45, 7) is 5.78. The molecule has 0 saturated carbocycles. The lowest BCUT2D eigenvalue weighted by atomic mass is 10.0. The number of H-pyrrole nitrogens is 1.